The van der Waals surface area contributed by atoms with E-state index in [1.807, 2.05) is 0 Å². The number of sulfonamides is 1. The molecule has 1 saturated heterocycles. The number of benzene rings is 2. The van der Waals surface area contributed by atoms with E-state index in [-0.39, 0.29) is 42.0 Å². The van der Waals surface area contributed by atoms with Gasteiger partial charge in [-0.2, -0.15) is 13.1 Å². The summed E-state index contributed by atoms with van der Waals surface area (Å²) in [4.78, 5) is 14.4. The van der Waals surface area contributed by atoms with Crippen LogP contribution in [0.3, 0.4) is 0 Å². The molecule has 0 spiro atoms. The Morgan fingerprint density at radius 3 is 2.50 bits per heavy atom. The summed E-state index contributed by atoms with van der Waals surface area (Å²) in [5.74, 6) is -0.246. The minimum Gasteiger partial charge on any atom is -0.336 e. The average molecular weight is 457 g/mol. The molecule has 3 aromatic rings. The Kier molecular flexibility index (Phi) is 5.28. The Labute approximate surface area is 175 Å². The molecule has 2 heterocycles. The molecule has 1 aliphatic heterocycles. The minimum atomic E-state index is -3.73. The molecule has 0 atom stereocenters. The molecule has 2 aromatic carbocycles. The number of aromatic nitrogens is 2. The lowest BCUT2D eigenvalue weighted by molar-refractivity contribution is 0.0698. The van der Waals surface area contributed by atoms with Crippen LogP contribution in [-0.4, -0.2) is 58.5 Å². The summed E-state index contributed by atoms with van der Waals surface area (Å²) in [5.41, 5.74) is 1.27. The van der Waals surface area contributed by atoms with Gasteiger partial charge in [-0.05, 0) is 30.3 Å². The van der Waals surface area contributed by atoms with E-state index in [0.29, 0.717) is 21.6 Å². The first kappa shape index (κ1) is 19.5. The van der Waals surface area contributed by atoms with Crippen molar-refractivity contribution in [2.45, 2.75) is 4.90 Å². The molecule has 11 heteroatoms. The molecule has 7 nitrogen and oxygen atoms in total. The van der Waals surface area contributed by atoms with Crippen LogP contribution in [0.4, 0.5) is 0 Å². The highest BCUT2D eigenvalue weighted by Gasteiger charge is 2.32. The van der Waals surface area contributed by atoms with Crippen LogP contribution in [0.15, 0.2) is 41.3 Å². The lowest BCUT2D eigenvalue weighted by Gasteiger charge is -2.34. The van der Waals surface area contributed by atoms with E-state index in [0.717, 1.165) is 11.7 Å². The van der Waals surface area contributed by atoms with E-state index in [1.165, 1.54) is 16.4 Å². The first-order chi connectivity index (χ1) is 13.4. The molecule has 0 aliphatic carbocycles. The van der Waals surface area contributed by atoms with Crippen molar-refractivity contribution in [1.29, 1.82) is 0 Å². The largest absolute Gasteiger partial charge is 0.336 e. The van der Waals surface area contributed by atoms with E-state index in [1.54, 1.807) is 29.2 Å². The summed E-state index contributed by atoms with van der Waals surface area (Å²) < 4.78 is 35.7. The van der Waals surface area contributed by atoms with Gasteiger partial charge in [0, 0.05) is 31.2 Å². The maximum Gasteiger partial charge on any atom is 0.255 e. The van der Waals surface area contributed by atoms with Gasteiger partial charge in [0.15, 0.2) is 0 Å². The molecular weight excluding hydrogens is 443 g/mol. The summed E-state index contributed by atoms with van der Waals surface area (Å²) in [7, 11) is -3.73. The first-order valence-electron chi connectivity index (χ1n) is 8.34. The minimum absolute atomic E-state index is 0.138. The maximum atomic E-state index is 13.1. The van der Waals surface area contributed by atoms with Gasteiger partial charge >= 0.3 is 0 Å². The van der Waals surface area contributed by atoms with Crippen molar-refractivity contribution in [3.05, 3.63) is 52.0 Å². The zero-order valence-corrected chi connectivity index (χ0v) is 17.5. The van der Waals surface area contributed by atoms with E-state index in [9.17, 15) is 13.2 Å². The molecule has 0 N–H and O–H groups in total. The van der Waals surface area contributed by atoms with Gasteiger partial charge in [0.1, 0.15) is 15.9 Å². The van der Waals surface area contributed by atoms with E-state index in [2.05, 4.69) is 8.75 Å². The molecule has 146 valence electrons. The topological polar surface area (TPSA) is 83.5 Å². The molecule has 1 aliphatic rings. The van der Waals surface area contributed by atoms with Gasteiger partial charge in [-0.25, -0.2) is 8.42 Å². The molecule has 4 rings (SSSR count). The number of nitrogens with zero attached hydrogens (tertiary/aromatic N) is 4. The molecule has 1 amide bonds. The maximum absolute atomic E-state index is 13.1. The van der Waals surface area contributed by atoms with E-state index < -0.39 is 10.0 Å². The normalized spacial score (nSPS) is 15.9. The Balaban J connectivity index is 1.52. The van der Waals surface area contributed by atoms with Gasteiger partial charge in [-0.15, -0.1) is 0 Å². The van der Waals surface area contributed by atoms with Gasteiger partial charge in [0.25, 0.3) is 5.91 Å². The number of fused-ring (bicyclic) bond motifs is 1. The predicted octanol–water partition coefficient (Wildman–Crippen LogP) is 3.14. The number of amides is 1. The fourth-order valence-electron chi connectivity index (χ4n) is 3.09. The van der Waals surface area contributed by atoms with E-state index >= 15 is 0 Å². The molecular formula is C17H14Cl2N4O3S2. The predicted molar refractivity (Wildman–Crippen MR) is 109 cm³/mol. The van der Waals surface area contributed by atoms with Gasteiger partial charge < -0.3 is 4.90 Å². The van der Waals surface area contributed by atoms with Crippen molar-refractivity contribution < 1.29 is 13.2 Å². The summed E-state index contributed by atoms with van der Waals surface area (Å²) in [6, 6.07) is 9.60. The third-order valence-electron chi connectivity index (χ3n) is 4.55. The second-order valence-electron chi connectivity index (χ2n) is 6.21. The third-order valence-corrected chi connectivity index (χ3v) is 7.57. The zero-order valence-electron chi connectivity index (χ0n) is 14.4. The second-order valence-corrected chi connectivity index (χ2v) is 9.49. The number of hydrogen-bond acceptors (Lipinski definition) is 6. The number of rotatable bonds is 3. The fraction of sp³-hybridized carbons (Fsp3) is 0.235. The SMILES string of the molecule is O=C(c1ccc(Cl)cc1Cl)N1CCN(S(=O)(=O)c2cccc3nsnc23)CC1. The molecule has 1 aromatic heterocycles. The molecule has 0 bridgehead atoms. The summed E-state index contributed by atoms with van der Waals surface area (Å²) in [6.07, 6.45) is 0. The van der Waals surface area contributed by atoms with Gasteiger partial charge in [0.2, 0.25) is 10.0 Å². The Morgan fingerprint density at radius 2 is 1.79 bits per heavy atom. The average Bonchev–Trinajstić information content (AvgIpc) is 3.16. The van der Waals surface area contributed by atoms with E-state index in [4.69, 9.17) is 23.2 Å². The van der Waals surface area contributed by atoms with Crippen molar-refractivity contribution in [1.82, 2.24) is 18.0 Å². The molecule has 0 radical (unpaired) electrons. The van der Waals surface area contributed by atoms with Gasteiger partial charge in [0.05, 0.1) is 22.3 Å². The number of halogens is 2. The monoisotopic (exact) mass is 456 g/mol. The van der Waals surface area contributed by atoms with Crippen LogP contribution in [0.2, 0.25) is 10.0 Å². The van der Waals surface area contributed by atoms with Gasteiger partial charge in [-0.3, -0.25) is 4.79 Å². The highest BCUT2D eigenvalue weighted by atomic mass is 35.5. The van der Waals surface area contributed by atoms with Crippen LogP contribution < -0.4 is 0 Å². The van der Waals surface area contributed by atoms with Crippen LogP contribution in [0, 0.1) is 0 Å². The number of carbonyl (C=O) groups excluding carboxylic acids is 1. The molecule has 28 heavy (non-hydrogen) atoms. The Hall–Kier alpha value is -1.78. The van der Waals surface area contributed by atoms with Gasteiger partial charge in [-0.1, -0.05) is 29.3 Å². The summed E-state index contributed by atoms with van der Waals surface area (Å²) in [5, 5.41) is 0.721. The van der Waals surface area contributed by atoms with Crippen LogP contribution >= 0.6 is 34.9 Å². The zero-order chi connectivity index (χ0) is 19.9. The van der Waals surface area contributed by atoms with Crippen molar-refractivity contribution in [3.8, 4) is 0 Å². The second kappa shape index (κ2) is 7.57. The van der Waals surface area contributed by atoms with Crippen molar-refractivity contribution in [3.63, 3.8) is 0 Å². The first-order valence-corrected chi connectivity index (χ1v) is 11.3. The fourth-order valence-corrected chi connectivity index (χ4v) is 5.76. The molecule has 0 saturated carbocycles. The van der Waals surface area contributed by atoms with Crippen LogP contribution in [-0.2, 0) is 10.0 Å². The Bertz CT molecular complexity index is 1160. The lowest BCUT2D eigenvalue weighted by atomic mass is 10.2. The standard InChI is InChI=1S/C17H14Cl2N4O3S2/c18-11-4-5-12(13(19)10-11)17(24)22-6-8-23(9-7-22)28(25,26)15-3-1-2-14-16(15)21-27-20-14/h1-5,10H,6-9H2. The highest BCUT2D eigenvalue weighted by Crippen LogP contribution is 2.26. The number of piperazine rings is 1. The molecule has 1 fully saturated rings. The number of carbonyl (C=O) groups is 1. The van der Waals surface area contributed by atoms with Crippen LogP contribution in [0.1, 0.15) is 10.4 Å². The summed E-state index contributed by atoms with van der Waals surface area (Å²) >= 11 is 13.0. The smallest absolute Gasteiger partial charge is 0.255 e. The van der Waals surface area contributed by atoms with Crippen molar-refractivity contribution in [2.24, 2.45) is 0 Å². The molecule has 0 unspecified atom stereocenters. The van der Waals surface area contributed by atoms with Crippen molar-refractivity contribution >= 4 is 61.9 Å². The highest BCUT2D eigenvalue weighted by molar-refractivity contribution is 7.89. The van der Waals surface area contributed by atoms with Crippen molar-refractivity contribution in [2.75, 3.05) is 26.2 Å². The number of hydrogen-bond donors (Lipinski definition) is 0. The third kappa shape index (κ3) is 3.48. The van der Waals surface area contributed by atoms with Crippen LogP contribution in [0.25, 0.3) is 11.0 Å². The lowest BCUT2D eigenvalue weighted by Crippen LogP contribution is -2.50. The quantitative estimate of drug-likeness (QED) is 0.604. The summed E-state index contributed by atoms with van der Waals surface area (Å²) in [6.45, 7) is 0.908. The Morgan fingerprint density at radius 1 is 1.04 bits per heavy atom. The van der Waals surface area contributed by atoms with Crippen LogP contribution in [0.5, 0.6) is 0 Å².